The fraction of sp³-hybridized carbons (Fsp3) is 0.364. The van der Waals surface area contributed by atoms with Gasteiger partial charge in [0.05, 0.1) is 5.69 Å². The maximum Gasteiger partial charge on any atom is 0.313 e. The van der Waals surface area contributed by atoms with E-state index >= 15 is 0 Å². The predicted molar refractivity (Wildman–Crippen MR) is 114 cm³/mol. The van der Waals surface area contributed by atoms with Gasteiger partial charge in [0.15, 0.2) is 0 Å². The number of carbonyl (C=O) groups is 2. The molecule has 0 saturated carbocycles. The molecule has 28 heavy (non-hydrogen) atoms. The van der Waals surface area contributed by atoms with Crippen molar-refractivity contribution < 1.29 is 9.59 Å². The molecule has 148 valence electrons. The molecule has 2 aromatic carbocycles. The lowest BCUT2D eigenvalue weighted by Gasteiger charge is -2.32. The van der Waals surface area contributed by atoms with Crippen LogP contribution in [0.5, 0.6) is 0 Å². The van der Waals surface area contributed by atoms with Crippen LogP contribution in [0.4, 0.5) is 5.69 Å². The Hall–Kier alpha value is -2.31. The normalized spacial score (nSPS) is 15.2. The monoisotopic (exact) mass is 397 g/mol. The Kier molecular flexibility index (Phi) is 7.51. The van der Waals surface area contributed by atoms with E-state index < -0.39 is 11.8 Å². The van der Waals surface area contributed by atoms with Gasteiger partial charge in [0.1, 0.15) is 0 Å². The van der Waals surface area contributed by atoms with Gasteiger partial charge in [-0.1, -0.05) is 42.5 Å². The van der Waals surface area contributed by atoms with E-state index in [0.29, 0.717) is 18.2 Å². The molecule has 1 saturated heterocycles. The first-order chi connectivity index (χ1) is 13.7. The summed E-state index contributed by atoms with van der Waals surface area (Å²) in [6, 6.07) is 18.0. The number of nitrogens with zero attached hydrogens (tertiary/aromatic N) is 1. The quantitative estimate of drug-likeness (QED) is 0.580. The summed E-state index contributed by atoms with van der Waals surface area (Å²) in [5, 5.41) is 5.50. The third kappa shape index (κ3) is 5.84. The van der Waals surface area contributed by atoms with Crippen molar-refractivity contribution in [3.63, 3.8) is 0 Å². The van der Waals surface area contributed by atoms with Gasteiger partial charge in [-0.05, 0) is 55.8 Å². The van der Waals surface area contributed by atoms with Gasteiger partial charge in [0.25, 0.3) is 0 Å². The van der Waals surface area contributed by atoms with E-state index in [0.717, 1.165) is 37.4 Å². The van der Waals surface area contributed by atoms with E-state index in [-0.39, 0.29) is 0 Å². The van der Waals surface area contributed by atoms with Gasteiger partial charge >= 0.3 is 11.8 Å². The van der Waals surface area contributed by atoms with Crippen molar-refractivity contribution in [1.82, 2.24) is 10.2 Å². The van der Waals surface area contributed by atoms with Crippen LogP contribution in [0.3, 0.4) is 0 Å². The second-order valence-corrected chi connectivity index (χ2v) is 7.92. The Balaban J connectivity index is 1.40. The highest BCUT2D eigenvalue weighted by Crippen LogP contribution is 2.24. The van der Waals surface area contributed by atoms with Crippen molar-refractivity contribution in [2.75, 3.05) is 31.2 Å². The maximum atomic E-state index is 12.2. The number of nitrogens with one attached hydrogen (secondary N) is 2. The molecule has 2 amide bonds. The first kappa shape index (κ1) is 20.4. The van der Waals surface area contributed by atoms with Gasteiger partial charge in [-0.2, -0.15) is 0 Å². The van der Waals surface area contributed by atoms with E-state index in [4.69, 9.17) is 0 Å². The maximum absolute atomic E-state index is 12.2. The van der Waals surface area contributed by atoms with Crippen molar-refractivity contribution >= 4 is 29.3 Å². The highest BCUT2D eigenvalue weighted by molar-refractivity contribution is 7.98. The molecule has 0 spiro atoms. The Bertz CT molecular complexity index is 789. The average Bonchev–Trinajstić information content (AvgIpc) is 2.74. The Labute approximate surface area is 170 Å². The van der Waals surface area contributed by atoms with Crippen LogP contribution in [0, 0.1) is 5.92 Å². The van der Waals surface area contributed by atoms with Gasteiger partial charge in [0.2, 0.25) is 0 Å². The van der Waals surface area contributed by atoms with E-state index in [1.165, 1.54) is 17.3 Å². The molecule has 3 rings (SSSR count). The smallest absolute Gasteiger partial charge is 0.313 e. The van der Waals surface area contributed by atoms with Crippen LogP contribution < -0.4 is 10.6 Å². The topological polar surface area (TPSA) is 61.4 Å². The largest absolute Gasteiger partial charge is 0.348 e. The lowest BCUT2D eigenvalue weighted by Crippen LogP contribution is -2.41. The van der Waals surface area contributed by atoms with E-state index in [1.807, 2.05) is 30.5 Å². The zero-order valence-corrected chi connectivity index (χ0v) is 17.0. The predicted octanol–water partition coefficient (Wildman–Crippen LogP) is 3.38. The summed E-state index contributed by atoms with van der Waals surface area (Å²) in [4.78, 5) is 27.7. The number of benzene rings is 2. The number of anilines is 1. The minimum absolute atomic E-state index is 0.419. The molecule has 0 aliphatic carbocycles. The number of hydrogen-bond donors (Lipinski definition) is 2. The van der Waals surface area contributed by atoms with Crippen LogP contribution in [0.25, 0.3) is 0 Å². The molecule has 5 nitrogen and oxygen atoms in total. The molecule has 1 heterocycles. The second-order valence-electron chi connectivity index (χ2n) is 7.07. The number of para-hydroxylation sites is 1. The van der Waals surface area contributed by atoms with Crippen LogP contribution in [-0.4, -0.2) is 42.6 Å². The summed E-state index contributed by atoms with van der Waals surface area (Å²) in [6.07, 6.45) is 4.00. The van der Waals surface area contributed by atoms with E-state index in [9.17, 15) is 9.59 Å². The van der Waals surface area contributed by atoms with Gasteiger partial charge in [-0.25, -0.2) is 0 Å². The fourth-order valence-electron chi connectivity index (χ4n) is 3.43. The van der Waals surface area contributed by atoms with Crippen LogP contribution in [0.2, 0.25) is 0 Å². The molecular weight excluding hydrogens is 370 g/mol. The van der Waals surface area contributed by atoms with Crippen molar-refractivity contribution in [1.29, 1.82) is 0 Å². The van der Waals surface area contributed by atoms with Gasteiger partial charge in [-0.3, -0.25) is 14.5 Å². The van der Waals surface area contributed by atoms with Crippen molar-refractivity contribution in [3.05, 3.63) is 60.2 Å². The molecule has 1 aliphatic heterocycles. The first-order valence-electron chi connectivity index (χ1n) is 9.64. The average molecular weight is 398 g/mol. The molecule has 0 aromatic heterocycles. The number of carbonyl (C=O) groups excluding carboxylic acids is 2. The summed E-state index contributed by atoms with van der Waals surface area (Å²) in [6.45, 7) is 3.55. The summed E-state index contributed by atoms with van der Waals surface area (Å²) >= 11 is 1.53. The standard InChI is InChI=1S/C22H27N3O2S/c1-28-20-10-6-5-9-19(20)24-22(27)21(26)23-15-17-11-13-25(14-12-17)16-18-7-3-2-4-8-18/h2-10,17H,11-16H2,1H3,(H,23,26)(H,24,27). The molecule has 0 radical (unpaired) electrons. The van der Waals surface area contributed by atoms with Crippen LogP contribution in [0.15, 0.2) is 59.5 Å². The molecule has 2 N–H and O–H groups in total. The molecule has 2 aromatic rings. The lowest BCUT2D eigenvalue weighted by molar-refractivity contribution is -0.136. The number of piperidine rings is 1. The summed E-state index contributed by atoms with van der Waals surface area (Å²) in [5.41, 5.74) is 2.00. The highest BCUT2D eigenvalue weighted by Gasteiger charge is 2.21. The number of amides is 2. The minimum atomic E-state index is -0.608. The molecule has 1 aliphatic rings. The minimum Gasteiger partial charge on any atom is -0.348 e. The van der Waals surface area contributed by atoms with Crippen LogP contribution in [-0.2, 0) is 16.1 Å². The summed E-state index contributed by atoms with van der Waals surface area (Å²) in [5.74, 6) is -0.757. The highest BCUT2D eigenvalue weighted by atomic mass is 32.2. The Morgan fingerprint density at radius 3 is 2.39 bits per heavy atom. The number of likely N-dealkylation sites (tertiary alicyclic amines) is 1. The first-order valence-corrected chi connectivity index (χ1v) is 10.9. The van der Waals surface area contributed by atoms with Gasteiger partial charge < -0.3 is 10.6 Å². The molecule has 6 heteroatoms. The van der Waals surface area contributed by atoms with Crippen molar-refractivity contribution in [2.24, 2.45) is 5.92 Å². The molecule has 1 fully saturated rings. The van der Waals surface area contributed by atoms with E-state index in [2.05, 4.69) is 39.8 Å². The van der Waals surface area contributed by atoms with Crippen molar-refractivity contribution in [3.8, 4) is 0 Å². The third-order valence-electron chi connectivity index (χ3n) is 5.07. The Morgan fingerprint density at radius 2 is 1.68 bits per heavy atom. The zero-order valence-electron chi connectivity index (χ0n) is 16.2. The SMILES string of the molecule is CSc1ccccc1NC(=O)C(=O)NCC1CCN(Cc2ccccc2)CC1. The molecule has 0 unspecified atom stereocenters. The van der Waals surface area contributed by atoms with Gasteiger partial charge in [-0.15, -0.1) is 11.8 Å². The Morgan fingerprint density at radius 1 is 1.00 bits per heavy atom. The summed E-state index contributed by atoms with van der Waals surface area (Å²) in [7, 11) is 0. The summed E-state index contributed by atoms with van der Waals surface area (Å²) < 4.78 is 0. The zero-order chi connectivity index (χ0) is 19.8. The number of rotatable bonds is 6. The van der Waals surface area contributed by atoms with Crippen LogP contribution in [0.1, 0.15) is 18.4 Å². The third-order valence-corrected chi connectivity index (χ3v) is 5.86. The fourth-order valence-corrected chi connectivity index (χ4v) is 3.99. The van der Waals surface area contributed by atoms with Crippen LogP contribution >= 0.6 is 11.8 Å². The number of hydrogen-bond acceptors (Lipinski definition) is 4. The van der Waals surface area contributed by atoms with Crippen molar-refractivity contribution in [2.45, 2.75) is 24.3 Å². The molecular formula is C22H27N3O2S. The van der Waals surface area contributed by atoms with E-state index in [1.54, 1.807) is 6.07 Å². The van der Waals surface area contributed by atoms with Gasteiger partial charge in [0, 0.05) is 18.0 Å². The number of thioether (sulfide) groups is 1. The molecule has 0 atom stereocenters. The second kappa shape index (κ2) is 10.3. The molecule has 0 bridgehead atoms. The lowest BCUT2D eigenvalue weighted by atomic mass is 9.96.